The van der Waals surface area contributed by atoms with Crippen LogP contribution in [0.25, 0.3) is 0 Å². The molecule has 0 bridgehead atoms. The maximum atomic E-state index is 12.8. The number of carbonyl (C=O) groups is 1. The molecule has 15 heavy (non-hydrogen) atoms. The summed E-state index contributed by atoms with van der Waals surface area (Å²) in [5.41, 5.74) is 0.877. The van der Waals surface area contributed by atoms with E-state index in [4.69, 9.17) is 4.74 Å². The Morgan fingerprint density at radius 1 is 1.67 bits per heavy atom. The predicted octanol–water partition coefficient (Wildman–Crippen LogP) is 1.86. The lowest BCUT2D eigenvalue weighted by Gasteiger charge is -2.06. The zero-order valence-corrected chi connectivity index (χ0v) is 8.33. The van der Waals surface area contributed by atoms with Crippen LogP contribution < -0.4 is 4.74 Å². The first-order chi connectivity index (χ1) is 7.20. The molecule has 80 valence electrons. The SMILES string of the molecule is COC(=O)CC1COc2cc(F)ccc21. The fourth-order valence-electron chi connectivity index (χ4n) is 1.70. The normalized spacial score (nSPS) is 18.1. The molecule has 0 saturated heterocycles. The quantitative estimate of drug-likeness (QED) is 0.699. The van der Waals surface area contributed by atoms with E-state index in [1.807, 2.05) is 0 Å². The highest BCUT2D eigenvalue weighted by atomic mass is 19.1. The minimum absolute atomic E-state index is 0.0203. The van der Waals surface area contributed by atoms with Gasteiger partial charge in [0.25, 0.3) is 0 Å². The van der Waals surface area contributed by atoms with Crippen molar-refractivity contribution in [2.24, 2.45) is 0 Å². The van der Waals surface area contributed by atoms with Crippen LogP contribution in [0.3, 0.4) is 0 Å². The van der Waals surface area contributed by atoms with E-state index in [9.17, 15) is 9.18 Å². The van der Waals surface area contributed by atoms with Gasteiger partial charge in [-0.15, -0.1) is 0 Å². The van der Waals surface area contributed by atoms with E-state index < -0.39 is 0 Å². The van der Waals surface area contributed by atoms with Crippen LogP contribution in [0.2, 0.25) is 0 Å². The Morgan fingerprint density at radius 2 is 2.47 bits per heavy atom. The monoisotopic (exact) mass is 210 g/mol. The highest BCUT2D eigenvalue weighted by Crippen LogP contribution is 2.36. The molecule has 1 atom stereocenters. The van der Waals surface area contributed by atoms with Crippen molar-refractivity contribution in [3.8, 4) is 5.75 Å². The average molecular weight is 210 g/mol. The van der Waals surface area contributed by atoms with E-state index in [0.717, 1.165) is 5.56 Å². The zero-order valence-electron chi connectivity index (χ0n) is 8.33. The summed E-state index contributed by atoms with van der Waals surface area (Å²) in [6, 6.07) is 4.37. The molecule has 0 spiro atoms. The van der Waals surface area contributed by atoms with Crippen LogP contribution in [0.15, 0.2) is 18.2 Å². The van der Waals surface area contributed by atoms with Gasteiger partial charge < -0.3 is 9.47 Å². The lowest BCUT2D eigenvalue weighted by atomic mass is 9.98. The van der Waals surface area contributed by atoms with E-state index in [0.29, 0.717) is 12.4 Å². The summed E-state index contributed by atoms with van der Waals surface area (Å²) in [6.45, 7) is 0.411. The number of carbonyl (C=O) groups excluding carboxylic acids is 1. The molecule has 1 aliphatic rings. The largest absolute Gasteiger partial charge is 0.493 e. The Morgan fingerprint density at radius 3 is 3.20 bits per heavy atom. The van der Waals surface area contributed by atoms with Gasteiger partial charge in [-0.3, -0.25) is 4.79 Å². The van der Waals surface area contributed by atoms with Crippen LogP contribution in [0, 0.1) is 5.82 Å². The van der Waals surface area contributed by atoms with E-state index in [1.165, 1.54) is 19.2 Å². The summed E-state index contributed by atoms with van der Waals surface area (Å²) in [6.07, 6.45) is 0.273. The summed E-state index contributed by atoms with van der Waals surface area (Å²) in [4.78, 5) is 11.1. The van der Waals surface area contributed by atoms with Crippen LogP contribution in [0.5, 0.6) is 5.75 Å². The van der Waals surface area contributed by atoms with Crippen molar-refractivity contribution in [2.75, 3.05) is 13.7 Å². The Hall–Kier alpha value is -1.58. The summed E-state index contributed by atoms with van der Waals surface area (Å²) in [5.74, 6) is -0.0924. The number of hydrogen-bond donors (Lipinski definition) is 0. The Kier molecular flexibility index (Phi) is 2.58. The molecule has 0 saturated carbocycles. The second-order valence-corrected chi connectivity index (χ2v) is 3.47. The number of esters is 1. The number of ether oxygens (including phenoxy) is 2. The van der Waals surface area contributed by atoms with E-state index in [-0.39, 0.29) is 24.1 Å². The molecule has 3 nitrogen and oxygen atoms in total. The van der Waals surface area contributed by atoms with Gasteiger partial charge >= 0.3 is 5.97 Å². The molecule has 0 aromatic heterocycles. The second-order valence-electron chi connectivity index (χ2n) is 3.47. The maximum Gasteiger partial charge on any atom is 0.306 e. The summed E-state index contributed by atoms with van der Waals surface area (Å²) >= 11 is 0. The molecule has 0 aliphatic carbocycles. The van der Waals surface area contributed by atoms with Gasteiger partial charge in [-0.25, -0.2) is 4.39 Å². The average Bonchev–Trinajstić information content (AvgIpc) is 2.60. The summed E-state index contributed by atoms with van der Waals surface area (Å²) < 4.78 is 22.7. The van der Waals surface area contributed by atoms with E-state index >= 15 is 0 Å². The Bertz CT molecular complexity index is 389. The lowest BCUT2D eigenvalue weighted by Crippen LogP contribution is -2.09. The molecule has 0 fully saturated rings. The molecule has 1 unspecified atom stereocenters. The van der Waals surface area contributed by atoms with Crippen LogP contribution in [0.1, 0.15) is 17.9 Å². The van der Waals surface area contributed by atoms with Gasteiger partial charge in [-0.1, -0.05) is 6.07 Å². The standard InChI is InChI=1S/C11H11FO3/c1-14-11(13)4-7-6-15-10-5-8(12)2-3-9(7)10/h2-3,5,7H,4,6H2,1H3. The van der Waals surface area contributed by atoms with Gasteiger partial charge in [0.1, 0.15) is 11.6 Å². The van der Waals surface area contributed by atoms with Gasteiger partial charge in [0, 0.05) is 17.5 Å². The van der Waals surface area contributed by atoms with Crippen LogP contribution in [0.4, 0.5) is 4.39 Å². The number of fused-ring (bicyclic) bond motifs is 1. The van der Waals surface area contributed by atoms with Crippen molar-refractivity contribution in [1.82, 2.24) is 0 Å². The molecule has 0 radical (unpaired) electrons. The third kappa shape index (κ3) is 1.93. The first kappa shape index (κ1) is 9.96. The fourth-order valence-corrected chi connectivity index (χ4v) is 1.70. The number of benzene rings is 1. The fraction of sp³-hybridized carbons (Fsp3) is 0.364. The van der Waals surface area contributed by atoms with Gasteiger partial charge in [-0.2, -0.15) is 0 Å². The van der Waals surface area contributed by atoms with Crippen molar-refractivity contribution < 1.29 is 18.7 Å². The highest BCUT2D eigenvalue weighted by molar-refractivity contribution is 5.71. The molecule has 0 N–H and O–H groups in total. The van der Waals surface area contributed by atoms with Gasteiger partial charge in [0.05, 0.1) is 20.1 Å². The van der Waals surface area contributed by atoms with Crippen LogP contribution in [-0.4, -0.2) is 19.7 Å². The number of halogens is 1. The summed E-state index contributed by atoms with van der Waals surface area (Å²) in [5, 5.41) is 0. The molecule has 1 aliphatic heterocycles. The Balaban J connectivity index is 2.18. The Labute approximate surface area is 86.8 Å². The van der Waals surface area contributed by atoms with Crippen molar-refractivity contribution in [2.45, 2.75) is 12.3 Å². The summed E-state index contributed by atoms with van der Waals surface area (Å²) in [7, 11) is 1.35. The molecular formula is C11H11FO3. The third-order valence-corrected chi connectivity index (χ3v) is 2.50. The topological polar surface area (TPSA) is 35.5 Å². The molecule has 2 rings (SSSR count). The molecule has 1 aromatic carbocycles. The zero-order chi connectivity index (χ0) is 10.8. The molecule has 0 amide bonds. The van der Waals surface area contributed by atoms with Crippen molar-refractivity contribution in [1.29, 1.82) is 0 Å². The van der Waals surface area contributed by atoms with E-state index in [2.05, 4.69) is 4.74 Å². The number of rotatable bonds is 2. The van der Waals surface area contributed by atoms with Crippen molar-refractivity contribution >= 4 is 5.97 Å². The first-order valence-electron chi connectivity index (χ1n) is 4.70. The minimum atomic E-state index is -0.326. The number of hydrogen-bond acceptors (Lipinski definition) is 3. The maximum absolute atomic E-state index is 12.8. The minimum Gasteiger partial charge on any atom is -0.493 e. The highest BCUT2D eigenvalue weighted by Gasteiger charge is 2.26. The van der Waals surface area contributed by atoms with Crippen molar-refractivity contribution in [3.63, 3.8) is 0 Å². The molecular weight excluding hydrogens is 199 g/mol. The lowest BCUT2D eigenvalue weighted by molar-refractivity contribution is -0.141. The predicted molar refractivity (Wildman–Crippen MR) is 51.3 cm³/mol. The number of methoxy groups -OCH3 is 1. The molecule has 1 aromatic rings. The van der Waals surface area contributed by atoms with Gasteiger partial charge in [0.15, 0.2) is 0 Å². The third-order valence-electron chi connectivity index (χ3n) is 2.50. The first-order valence-corrected chi connectivity index (χ1v) is 4.70. The smallest absolute Gasteiger partial charge is 0.306 e. The molecule has 1 heterocycles. The van der Waals surface area contributed by atoms with Gasteiger partial charge in [0.2, 0.25) is 0 Å². The van der Waals surface area contributed by atoms with E-state index in [1.54, 1.807) is 6.07 Å². The molecule has 4 heteroatoms. The van der Waals surface area contributed by atoms with Crippen LogP contribution >= 0.6 is 0 Å². The van der Waals surface area contributed by atoms with Crippen LogP contribution in [-0.2, 0) is 9.53 Å². The van der Waals surface area contributed by atoms with Gasteiger partial charge in [-0.05, 0) is 6.07 Å². The second kappa shape index (κ2) is 3.88. The van der Waals surface area contributed by atoms with Crippen molar-refractivity contribution in [3.05, 3.63) is 29.6 Å².